The maximum Gasteiger partial charge on any atom is 0.178 e. The summed E-state index contributed by atoms with van der Waals surface area (Å²) in [4.78, 5) is 1.32. The van der Waals surface area contributed by atoms with E-state index in [1.807, 2.05) is 24.3 Å². The van der Waals surface area contributed by atoms with E-state index >= 15 is 0 Å². The molecule has 1 unspecified atom stereocenters. The Kier molecular flexibility index (Phi) is 5.66. The van der Waals surface area contributed by atoms with Crippen LogP contribution in [0.3, 0.4) is 0 Å². The average Bonchev–Trinajstić information content (AvgIpc) is 2.52. The van der Waals surface area contributed by atoms with Crippen LogP contribution in [-0.2, 0) is 0 Å². The zero-order valence-electron chi connectivity index (χ0n) is 12.1. The lowest BCUT2D eigenvalue weighted by Crippen LogP contribution is -3.06. The second-order valence-corrected chi connectivity index (χ2v) is 5.63. The van der Waals surface area contributed by atoms with Crippen LogP contribution in [0.1, 0.15) is 32.1 Å². The molecule has 112 valence electrons. The number of benzene rings is 2. The molecule has 3 rings (SSSR count). The lowest BCUT2D eigenvalue weighted by atomic mass is 9.93. The van der Waals surface area contributed by atoms with Gasteiger partial charge in [-0.2, -0.15) is 0 Å². The lowest BCUT2D eigenvalue weighted by molar-refractivity contribution is -0.793. The predicted molar refractivity (Wildman–Crippen MR) is 81.7 cm³/mol. The molecule has 0 bridgehead atoms. The summed E-state index contributed by atoms with van der Waals surface area (Å²) in [6, 6.07) is 18.9. The first-order valence-electron chi connectivity index (χ1n) is 7.57. The second kappa shape index (κ2) is 7.48. The zero-order chi connectivity index (χ0) is 13.8. The molecule has 0 heterocycles. The van der Waals surface area contributed by atoms with E-state index in [1.54, 1.807) is 6.07 Å². The first-order chi connectivity index (χ1) is 9.86. The van der Waals surface area contributed by atoms with Gasteiger partial charge >= 0.3 is 0 Å². The predicted octanol–water partition coefficient (Wildman–Crippen LogP) is 0.577. The highest BCUT2D eigenvalue weighted by Gasteiger charge is 2.29. The van der Waals surface area contributed by atoms with Crippen molar-refractivity contribution in [3.63, 3.8) is 0 Å². The Morgan fingerprint density at radius 3 is 2.10 bits per heavy atom. The van der Waals surface area contributed by atoms with Crippen LogP contribution in [0.25, 0.3) is 0 Å². The maximum atomic E-state index is 10.3. The molecule has 0 radical (unpaired) electrons. The zero-order valence-corrected chi connectivity index (χ0v) is 12.9. The van der Waals surface area contributed by atoms with Crippen molar-refractivity contribution in [2.75, 3.05) is 0 Å². The monoisotopic (exact) mass is 303 g/mol. The summed E-state index contributed by atoms with van der Waals surface area (Å²) in [6.07, 6.45) is 6.42. The van der Waals surface area contributed by atoms with Crippen molar-refractivity contribution in [1.29, 1.82) is 0 Å². The number of quaternary nitrogens is 1. The van der Waals surface area contributed by atoms with Gasteiger partial charge in [-0.25, -0.2) is 0 Å². The number of hydrogen-bond donors (Lipinski definition) is 2. The molecule has 0 spiro atoms. The van der Waals surface area contributed by atoms with E-state index in [0.717, 1.165) is 5.69 Å². The number of para-hydroxylation sites is 3. The Hall–Kier alpha value is -1.51. The smallest absolute Gasteiger partial charge is 0.178 e. The number of aromatic hydroxyl groups is 1. The van der Waals surface area contributed by atoms with Crippen molar-refractivity contribution in [3.8, 4) is 5.75 Å². The van der Waals surface area contributed by atoms with Crippen LogP contribution in [0.15, 0.2) is 54.6 Å². The molecule has 0 amide bonds. The maximum absolute atomic E-state index is 10.3. The molecule has 0 aliphatic heterocycles. The number of hydrogen-bond acceptors (Lipinski definition) is 1. The SMILES string of the molecule is Oc1ccccc1[NH+](c1ccccc1)C1CCCCC1.[Cl-]. The summed E-state index contributed by atoms with van der Waals surface area (Å²) in [5.41, 5.74) is 2.26. The minimum atomic E-state index is 0. The van der Waals surface area contributed by atoms with Gasteiger partial charge in [0.25, 0.3) is 0 Å². The third kappa shape index (κ3) is 3.58. The molecule has 0 aromatic heterocycles. The summed E-state index contributed by atoms with van der Waals surface area (Å²) < 4.78 is 0. The summed E-state index contributed by atoms with van der Waals surface area (Å²) >= 11 is 0. The van der Waals surface area contributed by atoms with E-state index in [4.69, 9.17) is 0 Å². The quantitative estimate of drug-likeness (QED) is 0.797. The molecule has 3 heteroatoms. The van der Waals surface area contributed by atoms with Crippen LogP contribution in [0.2, 0.25) is 0 Å². The number of nitrogens with one attached hydrogen (secondary N) is 1. The van der Waals surface area contributed by atoms with E-state index in [1.165, 1.54) is 42.7 Å². The van der Waals surface area contributed by atoms with E-state index < -0.39 is 0 Å². The topological polar surface area (TPSA) is 24.7 Å². The number of phenols is 1. The number of halogens is 1. The van der Waals surface area contributed by atoms with Crippen molar-refractivity contribution >= 4 is 11.4 Å². The van der Waals surface area contributed by atoms with Gasteiger partial charge in [0, 0.05) is 18.9 Å². The fourth-order valence-electron chi connectivity index (χ4n) is 3.32. The minimum absolute atomic E-state index is 0. The van der Waals surface area contributed by atoms with E-state index in [9.17, 15) is 5.11 Å². The van der Waals surface area contributed by atoms with Crippen molar-refractivity contribution < 1.29 is 22.4 Å². The molecule has 1 atom stereocenters. The number of phenolic OH excluding ortho intramolecular Hbond substituents is 1. The Labute approximate surface area is 132 Å². The van der Waals surface area contributed by atoms with Crippen LogP contribution in [0, 0.1) is 0 Å². The third-order valence-corrected chi connectivity index (χ3v) is 4.29. The van der Waals surface area contributed by atoms with Gasteiger partial charge in [-0.05, 0) is 31.0 Å². The average molecular weight is 304 g/mol. The molecule has 2 aromatic rings. The summed E-state index contributed by atoms with van der Waals surface area (Å²) in [7, 11) is 0. The fraction of sp³-hybridized carbons (Fsp3) is 0.333. The highest BCUT2D eigenvalue weighted by molar-refractivity contribution is 5.47. The minimum Gasteiger partial charge on any atom is -1.00 e. The summed E-state index contributed by atoms with van der Waals surface area (Å²) in [6.45, 7) is 0. The second-order valence-electron chi connectivity index (χ2n) is 5.63. The third-order valence-electron chi connectivity index (χ3n) is 4.29. The van der Waals surface area contributed by atoms with Gasteiger partial charge in [0.1, 0.15) is 5.69 Å². The van der Waals surface area contributed by atoms with Crippen LogP contribution in [0.5, 0.6) is 5.75 Å². The Bertz CT molecular complexity index is 552. The molecule has 2 nitrogen and oxygen atoms in total. The Morgan fingerprint density at radius 2 is 1.43 bits per heavy atom. The van der Waals surface area contributed by atoms with Crippen LogP contribution in [0.4, 0.5) is 11.4 Å². The summed E-state index contributed by atoms with van der Waals surface area (Å²) in [5, 5.41) is 10.3. The van der Waals surface area contributed by atoms with Crippen LogP contribution < -0.4 is 17.3 Å². The van der Waals surface area contributed by atoms with Gasteiger partial charge < -0.3 is 17.5 Å². The highest BCUT2D eigenvalue weighted by Crippen LogP contribution is 2.24. The number of rotatable bonds is 3. The summed E-state index contributed by atoms with van der Waals surface area (Å²) in [5.74, 6) is 0.400. The van der Waals surface area contributed by atoms with Crippen molar-refractivity contribution in [3.05, 3.63) is 54.6 Å². The van der Waals surface area contributed by atoms with Crippen molar-refractivity contribution in [2.45, 2.75) is 38.1 Å². The molecule has 1 aliphatic rings. The van der Waals surface area contributed by atoms with Gasteiger partial charge in [0.2, 0.25) is 0 Å². The van der Waals surface area contributed by atoms with Crippen molar-refractivity contribution in [1.82, 2.24) is 0 Å². The molecular weight excluding hydrogens is 282 g/mol. The normalized spacial score (nSPS) is 17.0. The van der Waals surface area contributed by atoms with Gasteiger partial charge in [-0.1, -0.05) is 36.8 Å². The van der Waals surface area contributed by atoms with Gasteiger partial charge in [0.05, 0.1) is 6.04 Å². The first-order valence-corrected chi connectivity index (χ1v) is 7.57. The van der Waals surface area contributed by atoms with Gasteiger partial charge in [0.15, 0.2) is 11.4 Å². The Morgan fingerprint density at radius 1 is 0.810 bits per heavy atom. The Balaban J connectivity index is 0.00000161. The lowest BCUT2D eigenvalue weighted by Gasteiger charge is -2.31. The van der Waals surface area contributed by atoms with Crippen molar-refractivity contribution in [2.24, 2.45) is 0 Å². The van der Waals surface area contributed by atoms with E-state index in [0.29, 0.717) is 11.8 Å². The van der Waals surface area contributed by atoms with E-state index in [2.05, 4.69) is 24.3 Å². The van der Waals surface area contributed by atoms with Crippen LogP contribution >= 0.6 is 0 Å². The molecule has 21 heavy (non-hydrogen) atoms. The van der Waals surface area contributed by atoms with Crippen LogP contribution in [-0.4, -0.2) is 11.1 Å². The standard InChI is InChI=1S/C18H21NO.ClH/c20-18-14-8-7-13-17(18)19(15-9-3-1-4-10-15)16-11-5-2-6-12-16;/h1,3-4,7-10,13-14,16,20H,2,5-6,11-12H2;1H. The molecule has 2 aromatic carbocycles. The first kappa shape index (κ1) is 15.9. The van der Waals surface area contributed by atoms with E-state index in [-0.39, 0.29) is 12.4 Å². The molecule has 2 N–H and O–H groups in total. The van der Waals surface area contributed by atoms with Gasteiger partial charge in [-0.3, -0.25) is 4.90 Å². The molecular formula is C18H22ClNO. The highest BCUT2D eigenvalue weighted by atomic mass is 35.5. The van der Waals surface area contributed by atoms with Gasteiger partial charge in [-0.15, -0.1) is 0 Å². The molecule has 1 fully saturated rings. The molecule has 0 saturated heterocycles. The molecule has 1 aliphatic carbocycles. The molecule has 1 saturated carbocycles. The fourth-order valence-corrected chi connectivity index (χ4v) is 3.32. The largest absolute Gasteiger partial charge is 1.00 e.